The summed E-state index contributed by atoms with van der Waals surface area (Å²) in [6.07, 6.45) is 3.72. The van der Waals surface area contributed by atoms with Gasteiger partial charge < -0.3 is 19.5 Å². The Labute approximate surface area is 205 Å². The number of ether oxygens (including phenoxy) is 1. The standard InChI is InChI=1S/C27H27N5OS/c1-17-12-13-24(29-16-17)31-18(2)15-20(19(31)3)26-25(21-9-7-8-14-28-21)30-27(34)32(26)22-10-5-6-11-23(22)33-4/h5-16,25-26H,1-4H3,(H,30,34)/t25-,26-/m1/s1. The topological polar surface area (TPSA) is 55.2 Å². The zero-order chi connectivity index (χ0) is 23.8. The van der Waals surface area contributed by atoms with Gasteiger partial charge in [0.15, 0.2) is 5.11 Å². The molecule has 0 unspecified atom stereocenters. The summed E-state index contributed by atoms with van der Waals surface area (Å²) in [5.41, 5.74) is 6.38. The molecular formula is C27H27N5OS. The van der Waals surface area contributed by atoms with Gasteiger partial charge in [-0.15, -0.1) is 0 Å². The first-order valence-electron chi connectivity index (χ1n) is 11.2. The van der Waals surface area contributed by atoms with Crippen LogP contribution in [-0.2, 0) is 0 Å². The van der Waals surface area contributed by atoms with Crippen LogP contribution in [0, 0.1) is 20.8 Å². The average molecular weight is 470 g/mol. The Balaban J connectivity index is 1.70. The molecule has 172 valence electrons. The van der Waals surface area contributed by atoms with E-state index in [0.29, 0.717) is 5.11 Å². The van der Waals surface area contributed by atoms with Crippen LogP contribution >= 0.6 is 12.2 Å². The van der Waals surface area contributed by atoms with Crippen LogP contribution in [0.4, 0.5) is 5.69 Å². The van der Waals surface area contributed by atoms with E-state index in [0.717, 1.165) is 45.5 Å². The fourth-order valence-corrected chi connectivity index (χ4v) is 5.13. The van der Waals surface area contributed by atoms with Crippen molar-refractivity contribution in [2.45, 2.75) is 32.9 Å². The number of pyridine rings is 2. The van der Waals surface area contributed by atoms with Gasteiger partial charge in [-0.3, -0.25) is 4.98 Å². The number of rotatable bonds is 5. The van der Waals surface area contributed by atoms with E-state index in [1.807, 2.05) is 61.8 Å². The molecule has 34 heavy (non-hydrogen) atoms. The minimum Gasteiger partial charge on any atom is -0.495 e. The zero-order valence-corrected chi connectivity index (χ0v) is 20.5. The third kappa shape index (κ3) is 3.72. The number of aromatic nitrogens is 3. The van der Waals surface area contributed by atoms with E-state index in [9.17, 15) is 0 Å². The van der Waals surface area contributed by atoms with Gasteiger partial charge in [-0.05, 0) is 80.5 Å². The Kier molecular flexibility index (Phi) is 5.79. The van der Waals surface area contributed by atoms with E-state index in [1.54, 1.807) is 7.11 Å². The molecule has 5 rings (SSSR count). The number of methoxy groups -OCH3 is 1. The minimum atomic E-state index is -0.126. The fourth-order valence-electron chi connectivity index (χ4n) is 4.79. The van der Waals surface area contributed by atoms with Crippen molar-refractivity contribution in [3.05, 3.63) is 101 Å². The number of para-hydroxylation sites is 2. The van der Waals surface area contributed by atoms with Crippen LogP contribution in [0.15, 0.2) is 73.1 Å². The summed E-state index contributed by atoms with van der Waals surface area (Å²) in [4.78, 5) is 11.5. The van der Waals surface area contributed by atoms with Gasteiger partial charge in [-0.1, -0.05) is 24.3 Å². The molecule has 2 atom stereocenters. The molecule has 1 saturated heterocycles. The predicted octanol–water partition coefficient (Wildman–Crippen LogP) is 5.38. The fraction of sp³-hybridized carbons (Fsp3) is 0.222. The Morgan fingerprint density at radius 3 is 2.47 bits per heavy atom. The number of aryl methyl sites for hydroxylation is 2. The third-order valence-electron chi connectivity index (χ3n) is 6.36. The second-order valence-electron chi connectivity index (χ2n) is 8.52. The molecule has 0 aliphatic carbocycles. The summed E-state index contributed by atoms with van der Waals surface area (Å²) in [5.74, 6) is 1.67. The molecule has 6 nitrogen and oxygen atoms in total. The highest BCUT2D eigenvalue weighted by molar-refractivity contribution is 7.80. The van der Waals surface area contributed by atoms with Crippen LogP contribution in [0.25, 0.3) is 5.82 Å². The van der Waals surface area contributed by atoms with Gasteiger partial charge in [0.05, 0.1) is 30.6 Å². The zero-order valence-electron chi connectivity index (χ0n) is 19.7. The summed E-state index contributed by atoms with van der Waals surface area (Å²) < 4.78 is 7.91. The number of nitrogens with one attached hydrogen (secondary N) is 1. The average Bonchev–Trinajstić information content (AvgIpc) is 3.35. The number of benzene rings is 1. The molecule has 1 fully saturated rings. The molecule has 4 aromatic rings. The highest BCUT2D eigenvalue weighted by Gasteiger charge is 2.43. The molecular weight excluding hydrogens is 442 g/mol. The molecule has 0 spiro atoms. The maximum atomic E-state index is 5.89. The molecule has 1 aliphatic heterocycles. The molecule has 0 bridgehead atoms. The van der Waals surface area contributed by atoms with Gasteiger partial charge in [0, 0.05) is 23.8 Å². The number of nitrogens with zero attached hydrogens (tertiary/aromatic N) is 4. The van der Waals surface area contributed by atoms with E-state index < -0.39 is 0 Å². The number of thiocarbonyl (C=S) groups is 1. The Morgan fingerprint density at radius 2 is 1.76 bits per heavy atom. The Bertz CT molecular complexity index is 1330. The van der Waals surface area contributed by atoms with Crippen LogP contribution in [0.2, 0.25) is 0 Å². The summed E-state index contributed by atoms with van der Waals surface area (Å²) in [5, 5.41) is 4.18. The molecule has 1 aliphatic rings. The monoisotopic (exact) mass is 469 g/mol. The minimum absolute atomic E-state index is 0.121. The van der Waals surface area contributed by atoms with Crippen LogP contribution in [0.1, 0.15) is 40.3 Å². The molecule has 0 saturated carbocycles. The summed E-state index contributed by atoms with van der Waals surface area (Å²) in [7, 11) is 1.69. The lowest BCUT2D eigenvalue weighted by atomic mass is 9.96. The largest absolute Gasteiger partial charge is 0.495 e. The van der Waals surface area contributed by atoms with Crippen LogP contribution < -0.4 is 15.0 Å². The van der Waals surface area contributed by atoms with Crippen molar-refractivity contribution in [1.82, 2.24) is 19.9 Å². The number of hydrogen-bond donors (Lipinski definition) is 1. The van der Waals surface area contributed by atoms with E-state index in [4.69, 9.17) is 17.0 Å². The van der Waals surface area contributed by atoms with E-state index in [-0.39, 0.29) is 12.1 Å². The van der Waals surface area contributed by atoms with Crippen molar-refractivity contribution in [2.75, 3.05) is 12.0 Å². The molecule has 1 N–H and O–H groups in total. The lowest BCUT2D eigenvalue weighted by molar-refractivity contribution is 0.414. The van der Waals surface area contributed by atoms with Gasteiger partial charge in [0.1, 0.15) is 11.6 Å². The molecule has 7 heteroatoms. The SMILES string of the molecule is COc1ccccc1N1C(=S)N[C@H](c2ccccn2)[C@H]1c1cc(C)n(-c2ccc(C)cn2)c1C. The third-order valence-corrected chi connectivity index (χ3v) is 6.67. The molecule has 3 aromatic heterocycles. The van der Waals surface area contributed by atoms with Crippen molar-refractivity contribution in [2.24, 2.45) is 0 Å². The molecule has 1 aromatic carbocycles. The smallest absolute Gasteiger partial charge is 0.174 e. The maximum Gasteiger partial charge on any atom is 0.174 e. The first-order valence-corrected chi connectivity index (χ1v) is 11.7. The van der Waals surface area contributed by atoms with Gasteiger partial charge in [0.2, 0.25) is 0 Å². The van der Waals surface area contributed by atoms with Gasteiger partial charge in [0.25, 0.3) is 0 Å². The first-order chi connectivity index (χ1) is 16.5. The second-order valence-corrected chi connectivity index (χ2v) is 8.91. The first kappa shape index (κ1) is 22.1. The lowest BCUT2D eigenvalue weighted by Crippen LogP contribution is -2.30. The second kappa shape index (κ2) is 8.91. The van der Waals surface area contributed by atoms with Crippen LogP contribution in [0.3, 0.4) is 0 Å². The summed E-state index contributed by atoms with van der Waals surface area (Å²) in [6, 6.07) is 20.1. The predicted molar refractivity (Wildman–Crippen MR) is 139 cm³/mol. The van der Waals surface area contributed by atoms with Crippen LogP contribution in [0.5, 0.6) is 5.75 Å². The molecule has 0 amide bonds. The summed E-state index contributed by atoms with van der Waals surface area (Å²) >= 11 is 5.89. The normalized spacial score (nSPS) is 17.6. The van der Waals surface area contributed by atoms with Crippen molar-refractivity contribution in [3.8, 4) is 11.6 Å². The summed E-state index contributed by atoms with van der Waals surface area (Å²) in [6.45, 7) is 6.30. The Morgan fingerprint density at radius 1 is 0.971 bits per heavy atom. The van der Waals surface area contributed by atoms with Gasteiger partial charge >= 0.3 is 0 Å². The van der Waals surface area contributed by atoms with Crippen molar-refractivity contribution < 1.29 is 4.74 Å². The quantitative estimate of drug-likeness (QED) is 0.396. The highest BCUT2D eigenvalue weighted by Crippen LogP contribution is 2.45. The van der Waals surface area contributed by atoms with Crippen molar-refractivity contribution in [3.63, 3.8) is 0 Å². The molecule has 0 radical (unpaired) electrons. The van der Waals surface area contributed by atoms with Crippen molar-refractivity contribution in [1.29, 1.82) is 0 Å². The van der Waals surface area contributed by atoms with E-state index in [2.05, 4.69) is 56.8 Å². The van der Waals surface area contributed by atoms with Crippen molar-refractivity contribution >= 4 is 23.0 Å². The van der Waals surface area contributed by atoms with Crippen LogP contribution in [-0.4, -0.2) is 26.8 Å². The maximum absolute atomic E-state index is 5.89. The number of anilines is 1. The van der Waals surface area contributed by atoms with Gasteiger partial charge in [-0.2, -0.15) is 0 Å². The lowest BCUT2D eigenvalue weighted by Gasteiger charge is -2.29. The Hall–Kier alpha value is -3.71. The molecule has 4 heterocycles. The van der Waals surface area contributed by atoms with E-state index in [1.165, 1.54) is 0 Å². The number of hydrogen-bond acceptors (Lipinski definition) is 4. The highest BCUT2D eigenvalue weighted by atomic mass is 32.1. The van der Waals surface area contributed by atoms with E-state index >= 15 is 0 Å². The van der Waals surface area contributed by atoms with Gasteiger partial charge in [-0.25, -0.2) is 4.98 Å².